The van der Waals surface area contributed by atoms with Gasteiger partial charge in [-0.1, -0.05) is 18.3 Å². The quantitative estimate of drug-likeness (QED) is 0.418. The van der Waals surface area contributed by atoms with Crippen molar-refractivity contribution >= 4 is 23.0 Å². The van der Waals surface area contributed by atoms with Gasteiger partial charge in [0.25, 0.3) is 22.7 Å². The molecular formula is C24H26F2N4O5. The Kier molecular flexibility index (Phi) is 6.27. The molecule has 1 saturated heterocycles. The van der Waals surface area contributed by atoms with E-state index in [0.29, 0.717) is 0 Å². The van der Waals surface area contributed by atoms with Crippen LogP contribution in [0.25, 0.3) is 0 Å². The van der Waals surface area contributed by atoms with Crippen molar-refractivity contribution in [1.29, 1.82) is 0 Å². The van der Waals surface area contributed by atoms with Gasteiger partial charge in [-0.05, 0) is 25.8 Å². The third kappa shape index (κ3) is 4.71. The Morgan fingerprint density at radius 1 is 1.29 bits per heavy atom. The number of aromatic hydroxyl groups is 1. The Balaban J connectivity index is 1.64. The fraction of sp³-hybridized carbons (Fsp3) is 0.500. The summed E-state index contributed by atoms with van der Waals surface area (Å²) in [6, 6.07) is 0.343. The molecule has 186 valence electrons. The predicted molar refractivity (Wildman–Crippen MR) is 125 cm³/mol. The molecule has 1 aliphatic heterocycles. The van der Waals surface area contributed by atoms with E-state index in [2.05, 4.69) is 27.5 Å². The molecule has 0 spiro atoms. The molecule has 2 aromatic rings. The fourth-order valence-corrected chi connectivity index (χ4v) is 4.02. The van der Waals surface area contributed by atoms with Crippen molar-refractivity contribution < 1.29 is 23.4 Å². The zero-order valence-corrected chi connectivity index (χ0v) is 19.6. The molecule has 0 unspecified atom stereocenters. The minimum absolute atomic E-state index is 0.0210. The molecule has 1 aromatic heterocycles. The van der Waals surface area contributed by atoms with E-state index in [1.165, 1.54) is 38.2 Å². The van der Waals surface area contributed by atoms with Crippen LogP contribution in [0.2, 0.25) is 0 Å². The standard InChI is InChI=1S/C24H26F2N4O5/c1-23(11-24(25,26)12-35-23)15(8-7-13-5-4-6-13)29-17-16(20(32)21(17)33)28-14-9-10-27-18(19(14)31)22(34)30(2)3/h9-10,13,15,29,31H,4-6,11-12H2,1-3H3,(H,27,28)/t15-,23-/m1/s1. The van der Waals surface area contributed by atoms with E-state index in [4.69, 9.17) is 4.74 Å². The summed E-state index contributed by atoms with van der Waals surface area (Å²) in [7, 11) is 2.98. The highest BCUT2D eigenvalue weighted by atomic mass is 19.3. The van der Waals surface area contributed by atoms with Gasteiger partial charge in [0.1, 0.15) is 29.6 Å². The second-order valence-corrected chi connectivity index (χ2v) is 9.42. The topological polar surface area (TPSA) is 121 Å². The first-order chi connectivity index (χ1) is 16.4. The van der Waals surface area contributed by atoms with E-state index < -0.39 is 53.1 Å². The van der Waals surface area contributed by atoms with Crippen LogP contribution in [0.5, 0.6) is 5.75 Å². The number of hydrogen-bond acceptors (Lipinski definition) is 8. The maximum absolute atomic E-state index is 14.0. The molecule has 2 fully saturated rings. The SMILES string of the molecule is CN(C)C(=O)c1nccc(Nc2c(N[C@H](C#CC3CCC3)[C@@]3(C)CC(F)(F)CO3)c(=O)c2=O)c1O. The Morgan fingerprint density at radius 2 is 1.97 bits per heavy atom. The van der Waals surface area contributed by atoms with Gasteiger partial charge in [-0.15, -0.1) is 0 Å². The van der Waals surface area contributed by atoms with Crippen LogP contribution >= 0.6 is 0 Å². The lowest BCUT2D eigenvalue weighted by molar-refractivity contribution is -0.0205. The minimum atomic E-state index is -3.04. The number of pyridine rings is 1. The minimum Gasteiger partial charge on any atom is -0.504 e. The number of ether oxygens (including phenoxy) is 1. The molecule has 11 heteroatoms. The highest BCUT2D eigenvalue weighted by molar-refractivity contribution is 5.97. The van der Waals surface area contributed by atoms with Crippen molar-refractivity contribution in [3.05, 3.63) is 38.4 Å². The molecule has 2 atom stereocenters. The van der Waals surface area contributed by atoms with Crippen LogP contribution < -0.4 is 21.5 Å². The Labute approximate surface area is 200 Å². The van der Waals surface area contributed by atoms with E-state index in [-0.39, 0.29) is 28.7 Å². The summed E-state index contributed by atoms with van der Waals surface area (Å²) in [6.07, 6.45) is 3.53. The van der Waals surface area contributed by atoms with Crippen molar-refractivity contribution in [1.82, 2.24) is 9.88 Å². The number of rotatable bonds is 6. The molecule has 0 bridgehead atoms. The van der Waals surface area contributed by atoms with E-state index in [1.807, 2.05) is 0 Å². The normalized spacial score (nSPS) is 22.1. The summed E-state index contributed by atoms with van der Waals surface area (Å²) in [5, 5.41) is 16.0. The molecule has 35 heavy (non-hydrogen) atoms. The average molecular weight is 488 g/mol. The van der Waals surface area contributed by atoms with Gasteiger partial charge in [0.2, 0.25) is 0 Å². The number of halogens is 2. The molecule has 9 nitrogen and oxygen atoms in total. The average Bonchev–Trinajstić information content (AvgIpc) is 3.07. The van der Waals surface area contributed by atoms with Gasteiger partial charge in [0.05, 0.1) is 5.69 Å². The van der Waals surface area contributed by atoms with Crippen molar-refractivity contribution in [2.24, 2.45) is 5.92 Å². The number of carbonyl (C=O) groups is 1. The molecule has 2 heterocycles. The van der Waals surface area contributed by atoms with Crippen LogP contribution in [-0.4, -0.2) is 59.2 Å². The Morgan fingerprint density at radius 3 is 2.54 bits per heavy atom. The zero-order valence-electron chi connectivity index (χ0n) is 19.6. The van der Waals surface area contributed by atoms with Crippen molar-refractivity contribution in [3.63, 3.8) is 0 Å². The molecular weight excluding hydrogens is 462 g/mol. The second kappa shape index (κ2) is 8.92. The molecule has 3 N–H and O–H groups in total. The summed E-state index contributed by atoms with van der Waals surface area (Å²) < 4.78 is 33.4. The largest absolute Gasteiger partial charge is 0.504 e. The Bertz CT molecular complexity index is 1290. The van der Waals surface area contributed by atoms with Crippen LogP contribution in [0, 0.1) is 17.8 Å². The number of nitrogens with one attached hydrogen (secondary N) is 2. The summed E-state index contributed by atoms with van der Waals surface area (Å²) in [4.78, 5) is 42.1. The second-order valence-electron chi connectivity index (χ2n) is 9.42. The zero-order chi connectivity index (χ0) is 25.5. The van der Waals surface area contributed by atoms with Crippen molar-refractivity contribution in [2.45, 2.75) is 50.2 Å². The molecule has 1 saturated carbocycles. The van der Waals surface area contributed by atoms with Crippen molar-refractivity contribution in [2.75, 3.05) is 31.3 Å². The molecule has 1 aliphatic carbocycles. The predicted octanol–water partition coefficient (Wildman–Crippen LogP) is 2.23. The van der Waals surface area contributed by atoms with E-state index in [1.54, 1.807) is 0 Å². The number of alkyl halides is 2. The first-order valence-corrected chi connectivity index (χ1v) is 11.2. The lowest BCUT2D eigenvalue weighted by Gasteiger charge is -2.32. The van der Waals surface area contributed by atoms with E-state index >= 15 is 0 Å². The third-order valence-electron chi connectivity index (χ3n) is 6.36. The lowest BCUT2D eigenvalue weighted by Crippen LogP contribution is -2.48. The van der Waals surface area contributed by atoms with Crippen LogP contribution in [-0.2, 0) is 4.74 Å². The Hall–Kier alpha value is -3.52. The summed E-state index contributed by atoms with van der Waals surface area (Å²) in [5.41, 5.74) is -3.71. The molecule has 1 amide bonds. The monoisotopic (exact) mass is 488 g/mol. The van der Waals surface area contributed by atoms with E-state index in [0.717, 1.165) is 19.3 Å². The number of aromatic nitrogens is 1. The molecule has 4 rings (SSSR count). The van der Waals surface area contributed by atoms with Gasteiger partial charge in [0, 0.05) is 32.6 Å². The summed E-state index contributed by atoms with van der Waals surface area (Å²) in [6.45, 7) is 0.727. The number of hydrogen-bond donors (Lipinski definition) is 3. The highest BCUT2D eigenvalue weighted by Crippen LogP contribution is 2.40. The van der Waals surface area contributed by atoms with Crippen LogP contribution in [0.4, 0.5) is 25.8 Å². The lowest BCUT2D eigenvalue weighted by atomic mass is 9.85. The highest BCUT2D eigenvalue weighted by Gasteiger charge is 2.52. The number of anilines is 3. The van der Waals surface area contributed by atoms with Gasteiger partial charge in [-0.25, -0.2) is 13.8 Å². The number of carbonyl (C=O) groups excluding carboxylic acids is 1. The summed E-state index contributed by atoms with van der Waals surface area (Å²) >= 11 is 0. The van der Waals surface area contributed by atoms with Gasteiger partial charge >= 0.3 is 0 Å². The van der Waals surface area contributed by atoms with Gasteiger partial charge in [0.15, 0.2) is 11.4 Å². The molecule has 0 radical (unpaired) electrons. The van der Waals surface area contributed by atoms with Crippen LogP contribution in [0.1, 0.15) is 43.1 Å². The third-order valence-corrected chi connectivity index (χ3v) is 6.36. The maximum Gasteiger partial charge on any atom is 0.275 e. The maximum atomic E-state index is 14.0. The van der Waals surface area contributed by atoms with Crippen LogP contribution in [0.3, 0.4) is 0 Å². The van der Waals surface area contributed by atoms with E-state index in [9.17, 15) is 28.3 Å². The molecule has 1 aromatic carbocycles. The fourth-order valence-electron chi connectivity index (χ4n) is 4.02. The van der Waals surface area contributed by atoms with Crippen LogP contribution in [0.15, 0.2) is 21.9 Å². The van der Waals surface area contributed by atoms with Gasteiger partial charge < -0.3 is 25.4 Å². The smallest absolute Gasteiger partial charge is 0.275 e. The molecule has 2 aliphatic rings. The van der Waals surface area contributed by atoms with Crippen molar-refractivity contribution in [3.8, 4) is 17.6 Å². The number of nitrogens with zero attached hydrogens (tertiary/aromatic N) is 2. The first kappa shape index (κ1) is 24.6. The first-order valence-electron chi connectivity index (χ1n) is 11.2. The summed E-state index contributed by atoms with van der Waals surface area (Å²) in [5.74, 6) is 2.06. The number of amides is 1. The van der Waals surface area contributed by atoms with Gasteiger partial charge in [-0.3, -0.25) is 14.4 Å². The van der Waals surface area contributed by atoms with Gasteiger partial charge in [-0.2, -0.15) is 0 Å².